The molecule has 0 aliphatic carbocycles. The highest BCUT2D eigenvalue weighted by Crippen LogP contribution is 2.25. The summed E-state index contributed by atoms with van der Waals surface area (Å²) in [7, 11) is 0. The predicted molar refractivity (Wildman–Crippen MR) is 108 cm³/mol. The number of allylic oxidation sites excluding steroid dienone is 1. The standard InChI is InChI=1S/C22H32N2O4/c1-4-7-17(22(28)23-20(14-26)15(2)3)11-21(27)24-12-18-9-6-5-8-16(18)10-19(24)13-25/h4-6,8-9,15,17,19-20,25-26H,1,7,10-14H2,2-3H3,(H,23,28). The lowest BCUT2D eigenvalue weighted by atomic mass is 9.92. The van der Waals surface area contributed by atoms with Crippen LogP contribution < -0.4 is 5.32 Å². The summed E-state index contributed by atoms with van der Waals surface area (Å²) in [5.74, 6) is -0.861. The van der Waals surface area contributed by atoms with Gasteiger partial charge in [-0.1, -0.05) is 44.2 Å². The fourth-order valence-electron chi connectivity index (χ4n) is 3.58. The summed E-state index contributed by atoms with van der Waals surface area (Å²) in [6.45, 7) is 7.73. The molecule has 6 heteroatoms. The van der Waals surface area contributed by atoms with Crippen molar-refractivity contribution < 1.29 is 19.8 Å². The lowest BCUT2D eigenvalue weighted by Crippen LogP contribution is -2.48. The zero-order chi connectivity index (χ0) is 20.7. The van der Waals surface area contributed by atoms with E-state index in [2.05, 4.69) is 11.9 Å². The topological polar surface area (TPSA) is 89.9 Å². The molecular formula is C22H32N2O4. The molecule has 1 aromatic rings. The van der Waals surface area contributed by atoms with Crippen LogP contribution in [0.25, 0.3) is 0 Å². The number of aliphatic hydroxyl groups excluding tert-OH is 2. The first-order valence-electron chi connectivity index (χ1n) is 9.90. The van der Waals surface area contributed by atoms with Crippen LogP contribution in [0.5, 0.6) is 0 Å². The summed E-state index contributed by atoms with van der Waals surface area (Å²) in [4.78, 5) is 27.4. The van der Waals surface area contributed by atoms with Crippen molar-refractivity contribution in [2.45, 2.75) is 51.7 Å². The van der Waals surface area contributed by atoms with E-state index in [-0.39, 0.29) is 49.5 Å². The van der Waals surface area contributed by atoms with Crippen molar-refractivity contribution in [3.05, 3.63) is 48.0 Å². The molecule has 3 N–H and O–H groups in total. The highest BCUT2D eigenvalue weighted by molar-refractivity contribution is 5.86. The monoisotopic (exact) mass is 388 g/mol. The number of amides is 2. The van der Waals surface area contributed by atoms with Crippen molar-refractivity contribution in [3.8, 4) is 0 Å². The average molecular weight is 389 g/mol. The van der Waals surface area contributed by atoms with E-state index in [1.165, 1.54) is 0 Å². The van der Waals surface area contributed by atoms with Gasteiger partial charge in [0.25, 0.3) is 0 Å². The van der Waals surface area contributed by atoms with Gasteiger partial charge in [0, 0.05) is 13.0 Å². The zero-order valence-electron chi connectivity index (χ0n) is 16.8. The van der Waals surface area contributed by atoms with Gasteiger partial charge >= 0.3 is 0 Å². The van der Waals surface area contributed by atoms with E-state index < -0.39 is 5.92 Å². The maximum absolute atomic E-state index is 13.0. The van der Waals surface area contributed by atoms with Gasteiger partial charge in [-0.15, -0.1) is 6.58 Å². The first-order valence-corrected chi connectivity index (χ1v) is 9.90. The van der Waals surface area contributed by atoms with E-state index in [4.69, 9.17) is 0 Å². The molecule has 2 amide bonds. The third-order valence-corrected chi connectivity index (χ3v) is 5.46. The Kier molecular flexibility index (Phi) is 8.20. The molecule has 1 aromatic carbocycles. The van der Waals surface area contributed by atoms with E-state index in [1.807, 2.05) is 38.1 Å². The molecule has 3 atom stereocenters. The summed E-state index contributed by atoms with van der Waals surface area (Å²) < 4.78 is 0. The maximum Gasteiger partial charge on any atom is 0.224 e. The Hall–Kier alpha value is -2.18. The number of hydrogen-bond donors (Lipinski definition) is 3. The number of aliphatic hydroxyl groups is 2. The maximum atomic E-state index is 13.0. The lowest BCUT2D eigenvalue weighted by molar-refractivity contribution is -0.140. The molecule has 0 radical (unpaired) electrons. The molecule has 0 spiro atoms. The van der Waals surface area contributed by atoms with E-state index in [9.17, 15) is 19.8 Å². The largest absolute Gasteiger partial charge is 0.394 e. The van der Waals surface area contributed by atoms with Crippen LogP contribution in [0.15, 0.2) is 36.9 Å². The minimum Gasteiger partial charge on any atom is -0.394 e. The van der Waals surface area contributed by atoms with Gasteiger partial charge in [0.15, 0.2) is 0 Å². The molecule has 28 heavy (non-hydrogen) atoms. The van der Waals surface area contributed by atoms with Crippen LogP contribution in [0.1, 0.15) is 37.8 Å². The van der Waals surface area contributed by atoms with E-state index in [1.54, 1.807) is 11.0 Å². The fourth-order valence-corrected chi connectivity index (χ4v) is 3.58. The van der Waals surface area contributed by atoms with Crippen LogP contribution in [0.2, 0.25) is 0 Å². The summed E-state index contributed by atoms with van der Waals surface area (Å²) in [5, 5.41) is 22.1. The summed E-state index contributed by atoms with van der Waals surface area (Å²) in [5.41, 5.74) is 2.22. The Labute approximate surface area is 167 Å². The molecule has 2 rings (SSSR count). The van der Waals surface area contributed by atoms with Gasteiger partial charge in [-0.25, -0.2) is 0 Å². The van der Waals surface area contributed by atoms with Crippen LogP contribution in [0.4, 0.5) is 0 Å². The summed E-state index contributed by atoms with van der Waals surface area (Å²) in [6, 6.07) is 7.29. The SMILES string of the molecule is C=CCC(CC(=O)N1Cc2ccccc2CC1CO)C(=O)NC(CO)C(C)C. The Morgan fingerprint density at radius 2 is 1.96 bits per heavy atom. The van der Waals surface area contributed by atoms with Crippen molar-refractivity contribution >= 4 is 11.8 Å². The third-order valence-electron chi connectivity index (χ3n) is 5.46. The van der Waals surface area contributed by atoms with Gasteiger partial charge in [0.1, 0.15) is 0 Å². The van der Waals surface area contributed by atoms with Crippen molar-refractivity contribution in [3.63, 3.8) is 0 Å². The molecule has 1 heterocycles. The summed E-state index contributed by atoms with van der Waals surface area (Å²) >= 11 is 0. The van der Waals surface area contributed by atoms with Crippen molar-refractivity contribution in [2.24, 2.45) is 11.8 Å². The molecule has 0 fully saturated rings. The summed E-state index contributed by atoms with van der Waals surface area (Å²) in [6.07, 6.45) is 2.67. The number of nitrogens with zero attached hydrogens (tertiary/aromatic N) is 1. The molecule has 154 valence electrons. The molecule has 0 bridgehead atoms. The minimum atomic E-state index is -0.547. The van der Waals surface area contributed by atoms with Gasteiger partial charge in [0.05, 0.1) is 31.2 Å². The Bertz CT molecular complexity index is 689. The molecule has 6 nitrogen and oxygen atoms in total. The van der Waals surface area contributed by atoms with Crippen LogP contribution in [-0.4, -0.2) is 52.2 Å². The highest BCUT2D eigenvalue weighted by Gasteiger charge is 2.32. The number of nitrogens with one attached hydrogen (secondary N) is 1. The first-order chi connectivity index (χ1) is 13.4. The molecule has 0 saturated carbocycles. The van der Waals surface area contributed by atoms with Gasteiger partial charge in [-0.3, -0.25) is 9.59 Å². The van der Waals surface area contributed by atoms with Gasteiger partial charge in [-0.05, 0) is 29.9 Å². The molecule has 1 aliphatic heterocycles. The fraction of sp³-hybridized carbons (Fsp3) is 0.545. The molecule has 0 aromatic heterocycles. The Morgan fingerprint density at radius 3 is 2.54 bits per heavy atom. The number of carbonyl (C=O) groups is 2. The predicted octanol–water partition coefficient (Wildman–Crippen LogP) is 1.65. The van der Waals surface area contributed by atoms with E-state index in [0.29, 0.717) is 19.4 Å². The van der Waals surface area contributed by atoms with Crippen molar-refractivity contribution in [1.29, 1.82) is 0 Å². The van der Waals surface area contributed by atoms with E-state index in [0.717, 1.165) is 11.1 Å². The molecule has 0 saturated heterocycles. The van der Waals surface area contributed by atoms with Crippen molar-refractivity contribution in [2.75, 3.05) is 13.2 Å². The van der Waals surface area contributed by atoms with Gasteiger partial charge < -0.3 is 20.4 Å². The Balaban J connectivity index is 2.10. The van der Waals surface area contributed by atoms with Crippen LogP contribution in [-0.2, 0) is 22.6 Å². The van der Waals surface area contributed by atoms with Crippen LogP contribution >= 0.6 is 0 Å². The smallest absolute Gasteiger partial charge is 0.224 e. The second-order valence-corrected chi connectivity index (χ2v) is 7.80. The number of rotatable bonds is 9. The van der Waals surface area contributed by atoms with Crippen LogP contribution in [0.3, 0.4) is 0 Å². The third kappa shape index (κ3) is 5.42. The van der Waals surface area contributed by atoms with Gasteiger partial charge in [-0.2, -0.15) is 0 Å². The minimum absolute atomic E-state index is 0.0484. The number of hydrogen-bond acceptors (Lipinski definition) is 4. The van der Waals surface area contributed by atoms with Crippen molar-refractivity contribution in [1.82, 2.24) is 10.2 Å². The zero-order valence-corrected chi connectivity index (χ0v) is 16.8. The normalized spacial score (nSPS) is 18.3. The molecule has 3 unspecified atom stereocenters. The second kappa shape index (κ2) is 10.4. The first kappa shape index (κ1) is 22.1. The lowest BCUT2D eigenvalue weighted by Gasteiger charge is -2.36. The average Bonchev–Trinajstić information content (AvgIpc) is 2.69. The van der Waals surface area contributed by atoms with Gasteiger partial charge in [0.2, 0.25) is 11.8 Å². The number of carbonyl (C=O) groups excluding carboxylic acids is 2. The van der Waals surface area contributed by atoms with E-state index >= 15 is 0 Å². The molecular weight excluding hydrogens is 356 g/mol. The second-order valence-electron chi connectivity index (χ2n) is 7.80. The number of benzene rings is 1. The number of fused-ring (bicyclic) bond motifs is 1. The highest BCUT2D eigenvalue weighted by atomic mass is 16.3. The quantitative estimate of drug-likeness (QED) is 0.561. The van der Waals surface area contributed by atoms with Crippen LogP contribution in [0, 0.1) is 11.8 Å². The molecule has 1 aliphatic rings. The Morgan fingerprint density at radius 1 is 1.29 bits per heavy atom.